The normalized spacial score (nSPS) is 18.8. The second-order valence-corrected chi connectivity index (χ2v) is 4.93. The van der Waals surface area contributed by atoms with E-state index in [1.807, 2.05) is 24.3 Å². The molecule has 2 N–H and O–H groups in total. The van der Waals surface area contributed by atoms with Gasteiger partial charge in [-0.1, -0.05) is 18.2 Å². The average Bonchev–Trinajstić information content (AvgIpc) is 3.07. The Morgan fingerprint density at radius 2 is 2.32 bits per heavy atom. The summed E-state index contributed by atoms with van der Waals surface area (Å²) >= 11 is 0. The lowest BCUT2D eigenvalue weighted by Crippen LogP contribution is -2.26. The summed E-state index contributed by atoms with van der Waals surface area (Å²) in [5.41, 5.74) is 1.70. The molecule has 1 aromatic carbocycles. The number of H-pyrrole nitrogens is 1. The van der Waals surface area contributed by atoms with Crippen LogP contribution in [-0.2, 0) is 4.74 Å². The van der Waals surface area contributed by atoms with Crippen molar-refractivity contribution in [1.29, 1.82) is 0 Å². The zero-order valence-corrected chi connectivity index (χ0v) is 10.8. The van der Waals surface area contributed by atoms with Gasteiger partial charge in [-0.25, -0.2) is 0 Å². The summed E-state index contributed by atoms with van der Waals surface area (Å²) in [6, 6.07) is 7.83. The number of amides is 1. The molecule has 4 nitrogen and oxygen atoms in total. The van der Waals surface area contributed by atoms with Crippen LogP contribution in [0.3, 0.4) is 0 Å². The van der Waals surface area contributed by atoms with Gasteiger partial charge in [0.1, 0.15) is 0 Å². The van der Waals surface area contributed by atoms with Crippen LogP contribution in [0.2, 0.25) is 0 Å². The van der Waals surface area contributed by atoms with Gasteiger partial charge >= 0.3 is 0 Å². The molecule has 0 spiro atoms. The molecule has 0 saturated carbocycles. The fraction of sp³-hybridized carbons (Fsp3) is 0.400. The maximum absolute atomic E-state index is 12.1. The Kier molecular flexibility index (Phi) is 3.51. The number of fused-ring (bicyclic) bond motifs is 1. The highest BCUT2D eigenvalue weighted by Crippen LogP contribution is 2.18. The number of carbonyl (C=O) groups excluding carboxylic acids is 1. The molecular weight excluding hydrogens is 240 g/mol. The first kappa shape index (κ1) is 12.2. The standard InChI is InChI=1S/C15H18N2O2/c18-15(16-8-7-11-4-3-9-19-11)13-10-17-14-6-2-1-5-12(13)14/h1-2,5-6,10-11,17H,3-4,7-9H2,(H,16,18). The van der Waals surface area contributed by atoms with Crippen LogP contribution in [0.15, 0.2) is 30.5 Å². The van der Waals surface area contributed by atoms with E-state index < -0.39 is 0 Å². The van der Waals surface area contributed by atoms with Gasteiger partial charge in [-0.3, -0.25) is 4.79 Å². The number of aromatic nitrogens is 1. The summed E-state index contributed by atoms with van der Waals surface area (Å²) in [6.45, 7) is 1.53. The lowest BCUT2D eigenvalue weighted by Gasteiger charge is -2.09. The molecule has 100 valence electrons. The minimum absolute atomic E-state index is 0.0181. The van der Waals surface area contributed by atoms with E-state index in [0.29, 0.717) is 18.2 Å². The highest BCUT2D eigenvalue weighted by Gasteiger charge is 2.16. The smallest absolute Gasteiger partial charge is 0.253 e. The van der Waals surface area contributed by atoms with Gasteiger partial charge in [0.2, 0.25) is 0 Å². The van der Waals surface area contributed by atoms with Gasteiger partial charge in [-0.05, 0) is 25.3 Å². The molecule has 3 rings (SSSR count). The molecule has 0 aliphatic carbocycles. The monoisotopic (exact) mass is 258 g/mol. The quantitative estimate of drug-likeness (QED) is 0.885. The van der Waals surface area contributed by atoms with E-state index in [1.165, 1.54) is 0 Å². The molecule has 0 radical (unpaired) electrons. The summed E-state index contributed by atoms with van der Waals surface area (Å²) < 4.78 is 5.54. The van der Waals surface area contributed by atoms with Crippen LogP contribution >= 0.6 is 0 Å². The maximum Gasteiger partial charge on any atom is 0.253 e. The summed E-state index contributed by atoms with van der Waals surface area (Å²) in [5.74, 6) is -0.0181. The Hall–Kier alpha value is -1.81. The molecule has 2 aromatic rings. The van der Waals surface area contributed by atoms with Crippen molar-refractivity contribution in [1.82, 2.24) is 10.3 Å². The number of hydrogen-bond donors (Lipinski definition) is 2. The zero-order chi connectivity index (χ0) is 13.1. The van der Waals surface area contributed by atoms with Crippen molar-refractivity contribution in [3.05, 3.63) is 36.0 Å². The van der Waals surface area contributed by atoms with Crippen molar-refractivity contribution in [3.63, 3.8) is 0 Å². The van der Waals surface area contributed by atoms with E-state index >= 15 is 0 Å². The van der Waals surface area contributed by atoms with Gasteiger partial charge in [0.15, 0.2) is 0 Å². The fourth-order valence-electron chi connectivity index (χ4n) is 2.57. The highest BCUT2D eigenvalue weighted by molar-refractivity contribution is 6.06. The lowest BCUT2D eigenvalue weighted by atomic mass is 10.1. The van der Waals surface area contributed by atoms with Gasteiger partial charge in [0.25, 0.3) is 5.91 Å². The van der Waals surface area contributed by atoms with Gasteiger partial charge in [0.05, 0.1) is 11.7 Å². The maximum atomic E-state index is 12.1. The van der Waals surface area contributed by atoms with Crippen molar-refractivity contribution < 1.29 is 9.53 Å². The highest BCUT2D eigenvalue weighted by atomic mass is 16.5. The number of nitrogens with one attached hydrogen (secondary N) is 2. The number of hydrogen-bond acceptors (Lipinski definition) is 2. The third-order valence-corrected chi connectivity index (χ3v) is 3.61. The second-order valence-electron chi connectivity index (χ2n) is 4.93. The Morgan fingerprint density at radius 1 is 1.42 bits per heavy atom. The molecular formula is C15H18N2O2. The predicted octanol–water partition coefficient (Wildman–Crippen LogP) is 2.47. The largest absolute Gasteiger partial charge is 0.378 e. The fourth-order valence-corrected chi connectivity index (χ4v) is 2.57. The summed E-state index contributed by atoms with van der Waals surface area (Å²) in [6.07, 6.45) is 5.24. The summed E-state index contributed by atoms with van der Waals surface area (Å²) in [7, 11) is 0. The number of carbonyl (C=O) groups is 1. The molecule has 1 aliphatic heterocycles. The van der Waals surface area contributed by atoms with Crippen LogP contribution in [0.5, 0.6) is 0 Å². The minimum Gasteiger partial charge on any atom is -0.378 e. The first-order valence-corrected chi connectivity index (χ1v) is 6.80. The SMILES string of the molecule is O=C(NCCC1CCCO1)c1c[nH]c2ccccc12. The Bertz CT molecular complexity index is 570. The molecule has 0 bridgehead atoms. The number of ether oxygens (including phenoxy) is 1. The Labute approximate surface area is 112 Å². The van der Waals surface area contributed by atoms with Crippen LogP contribution in [0.1, 0.15) is 29.6 Å². The van der Waals surface area contributed by atoms with Crippen LogP contribution in [0, 0.1) is 0 Å². The summed E-state index contributed by atoms with van der Waals surface area (Å²) in [5, 5.41) is 3.93. The summed E-state index contributed by atoms with van der Waals surface area (Å²) in [4.78, 5) is 15.2. The second kappa shape index (κ2) is 5.45. The van der Waals surface area contributed by atoms with Crippen LogP contribution < -0.4 is 5.32 Å². The third kappa shape index (κ3) is 2.63. The topological polar surface area (TPSA) is 54.1 Å². The first-order valence-electron chi connectivity index (χ1n) is 6.80. The van der Waals surface area contributed by atoms with Crippen molar-refractivity contribution in [2.75, 3.05) is 13.2 Å². The van der Waals surface area contributed by atoms with E-state index in [-0.39, 0.29) is 5.91 Å². The molecule has 2 heterocycles. The molecule has 1 unspecified atom stereocenters. The predicted molar refractivity (Wildman–Crippen MR) is 74.2 cm³/mol. The number of benzene rings is 1. The van der Waals surface area contributed by atoms with E-state index in [1.54, 1.807) is 6.20 Å². The van der Waals surface area contributed by atoms with Crippen molar-refractivity contribution in [2.45, 2.75) is 25.4 Å². The van der Waals surface area contributed by atoms with Crippen LogP contribution in [-0.4, -0.2) is 30.1 Å². The molecule has 1 amide bonds. The van der Waals surface area contributed by atoms with Crippen molar-refractivity contribution in [3.8, 4) is 0 Å². The van der Waals surface area contributed by atoms with Crippen molar-refractivity contribution >= 4 is 16.8 Å². The van der Waals surface area contributed by atoms with Gasteiger partial charge in [0, 0.05) is 30.3 Å². The number of para-hydroxylation sites is 1. The van der Waals surface area contributed by atoms with E-state index in [2.05, 4.69) is 10.3 Å². The first-order chi connectivity index (χ1) is 9.34. The van der Waals surface area contributed by atoms with E-state index in [4.69, 9.17) is 4.74 Å². The lowest BCUT2D eigenvalue weighted by molar-refractivity contribution is 0.0908. The molecule has 1 fully saturated rings. The van der Waals surface area contributed by atoms with E-state index in [9.17, 15) is 4.79 Å². The third-order valence-electron chi connectivity index (χ3n) is 3.61. The van der Waals surface area contributed by atoms with Crippen LogP contribution in [0.25, 0.3) is 10.9 Å². The molecule has 19 heavy (non-hydrogen) atoms. The molecule has 4 heteroatoms. The average molecular weight is 258 g/mol. The van der Waals surface area contributed by atoms with Gasteiger partial charge in [-0.2, -0.15) is 0 Å². The number of aromatic amines is 1. The van der Waals surface area contributed by atoms with E-state index in [0.717, 1.165) is 36.8 Å². The Morgan fingerprint density at radius 3 is 3.16 bits per heavy atom. The zero-order valence-electron chi connectivity index (χ0n) is 10.8. The van der Waals surface area contributed by atoms with Crippen molar-refractivity contribution in [2.24, 2.45) is 0 Å². The van der Waals surface area contributed by atoms with Crippen LogP contribution in [0.4, 0.5) is 0 Å². The van der Waals surface area contributed by atoms with Gasteiger partial charge < -0.3 is 15.0 Å². The number of rotatable bonds is 4. The molecule has 1 aliphatic rings. The Balaban J connectivity index is 1.60. The molecule has 1 aromatic heterocycles. The van der Waals surface area contributed by atoms with Gasteiger partial charge in [-0.15, -0.1) is 0 Å². The minimum atomic E-state index is -0.0181. The molecule has 1 saturated heterocycles. The molecule has 1 atom stereocenters.